The highest BCUT2D eigenvalue weighted by Crippen LogP contribution is 2.14. The maximum Gasteiger partial charge on any atom is 0.226 e. The summed E-state index contributed by atoms with van der Waals surface area (Å²) < 4.78 is 4.97. The fourth-order valence-corrected chi connectivity index (χ4v) is 2.35. The quantitative estimate of drug-likeness (QED) is 0.919. The van der Waals surface area contributed by atoms with Crippen molar-refractivity contribution in [2.45, 2.75) is 46.1 Å². The third kappa shape index (κ3) is 4.74. The fourth-order valence-electron chi connectivity index (χ4n) is 2.35. The number of nitrogens with zero attached hydrogens (tertiary/aromatic N) is 1. The summed E-state index contributed by atoms with van der Waals surface area (Å²) in [4.78, 5) is 12.1. The number of hydrogen-bond acceptors (Lipinski definition) is 3. The highest BCUT2D eigenvalue weighted by atomic mass is 16.5. The van der Waals surface area contributed by atoms with Crippen LogP contribution in [0.15, 0.2) is 34.9 Å². The summed E-state index contributed by atoms with van der Waals surface area (Å²) in [5.74, 6) is 0.678. The van der Waals surface area contributed by atoms with Gasteiger partial charge >= 0.3 is 0 Å². The number of aromatic nitrogens is 1. The summed E-state index contributed by atoms with van der Waals surface area (Å²) in [6.07, 6.45) is 1.03. The third-order valence-corrected chi connectivity index (χ3v) is 3.26. The second-order valence-corrected chi connectivity index (χ2v) is 6.20. The molecule has 0 spiro atoms. The molecule has 0 fully saturated rings. The molecule has 2 rings (SSSR count). The molecule has 1 heterocycles. The molecule has 112 valence electrons. The molecule has 0 aliphatic rings. The van der Waals surface area contributed by atoms with Crippen LogP contribution < -0.4 is 5.32 Å². The highest BCUT2D eigenvalue weighted by molar-refractivity contribution is 5.78. The van der Waals surface area contributed by atoms with Gasteiger partial charge in [0.1, 0.15) is 5.76 Å². The van der Waals surface area contributed by atoms with Gasteiger partial charge in [0.15, 0.2) is 0 Å². The lowest BCUT2D eigenvalue weighted by molar-refractivity contribution is -0.122. The van der Waals surface area contributed by atoms with Crippen LogP contribution >= 0.6 is 0 Å². The van der Waals surface area contributed by atoms with Crippen LogP contribution in [-0.4, -0.2) is 16.6 Å². The van der Waals surface area contributed by atoms with E-state index < -0.39 is 0 Å². The molecule has 21 heavy (non-hydrogen) atoms. The minimum absolute atomic E-state index is 0.0413. The van der Waals surface area contributed by atoms with Gasteiger partial charge < -0.3 is 9.84 Å². The molecule has 0 aliphatic carbocycles. The van der Waals surface area contributed by atoms with Crippen LogP contribution in [-0.2, 0) is 17.6 Å². The van der Waals surface area contributed by atoms with E-state index in [4.69, 9.17) is 4.52 Å². The Kier molecular flexibility index (Phi) is 4.46. The standard InChI is InChI=1S/C17H22N2O2/c1-12-5-7-14(8-6-12)11-17(3,4)18-16(20)10-15-9-13(2)21-19-15/h5-9H,10-11H2,1-4H3,(H,18,20). The number of amides is 1. The van der Waals surface area contributed by atoms with Gasteiger partial charge in [-0.25, -0.2) is 0 Å². The zero-order valence-electron chi connectivity index (χ0n) is 13.1. The Balaban J connectivity index is 1.93. The van der Waals surface area contributed by atoms with E-state index in [0.717, 1.165) is 12.2 Å². The van der Waals surface area contributed by atoms with E-state index in [1.54, 1.807) is 6.07 Å². The molecule has 1 N–H and O–H groups in total. The van der Waals surface area contributed by atoms with Crippen LogP contribution in [0.3, 0.4) is 0 Å². The molecule has 1 aromatic carbocycles. The summed E-state index contributed by atoms with van der Waals surface area (Å²) in [5, 5.41) is 6.90. The Morgan fingerprint density at radius 1 is 1.24 bits per heavy atom. The lowest BCUT2D eigenvalue weighted by Gasteiger charge is -2.26. The summed E-state index contributed by atoms with van der Waals surface area (Å²) in [6.45, 7) is 7.93. The maximum absolute atomic E-state index is 12.1. The summed E-state index contributed by atoms with van der Waals surface area (Å²) >= 11 is 0. The molecule has 1 amide bonds. The Morgan fingerprint density at radius 3 is 2.48 bits per heavy atom. The maximum atomic E-state index is 12.1. The van der Waals surface area contributed by atoms with Crippen molar-refractivity contribution in [3.63, 3.8) is 0 Å². The zero-order valence-corrected chi connectivity index (χ0v) is 13.1. The van der Waals surface area contributed by atoms with E-state index in [2.05, 4.69) is 41.7 Å². The highest BCUT2D eigenvalue weighted by Gasteiger charge is 2.21. The minimum Gasteiger partial charge on any atom is -0.361 e. The van der Waals surface area contributed by atoms with Crippen molar-refractivity contribution in [1.82, 2.24) is 10.5 Å². The molecule has 4 nitrogen and oxygen atoms in total. The lowest BCUT2D eigenvalue weighted by Crippen LogP contribution is -2.45. The third-order valence-electron chi connectivity index (χ3n) is 3.26. The van der Waals surface area contributed by atoms with E-state index >= 15 is 0 Å². The van der Waals surface area contributed by atoms with Crippen molar-refractivity contribution in [2.24, 2.45) is 0 Å². The smallest absolute Gasteiger partial charge is 0.226 e. The van der Waals surface area contributed by atoms with E-state index in [-0.39, 0.29) is 17.9 Å². The van der Waals surface area contributed by atoms with Gasteiger partial charge in [0.2, 0.25) is 5.91 Å². The van der Waals surface area contributed by atoms with Crippen molar-refractivity contribution < 1.29 is 9.32 Å². The van der Waals surface area contributed by atoms with E-state index in [1.165, 1.54) is 11.1 Å². The molecule has 0 saturated carbocycles. The van der Waals surface area contributed by atoms with E-state index in [1.807, 2.05) is 20.8 Å². The van der Waals surface area contributed by atoms with Gasteiger partial charge in [-0.1, -0.05) is 35.0 Å². The van der Waals surface area contributed by atoms with Crippen LogP contribution in [0.1, 0.15) is 36.4 Å². The molecule has 0 atom stereocenters. The predicted molar refractivity (Wildman–Crippen MR) is 82.0 cm³/mol. The summed E-state index contributed by atoms with van der Waals surface area (Å²) in [6, 6.07) is 10.2. The topological polar surface area (TPSA) is 55.1 Å². The van der Waals surface area contributed by atoms with Gasteiger partial charge in [-0.2, -0.15) is 0 Å². The average molecular weight is 286 g/mol. The Bertz CT molecular complexity index is 612. The first-order chi connectivity index (χ1) is 9.84. The molecular formula is C17H22N2O2. The number of nitrogens with one attached hydrogen (secondary N) is 1. The van der Waals surface area contributed by atoms with Gasteiger partial charge in [-0.05, 0) is 39.7 Å². The molecule has 0 unspecified atom stereocenters. The molecule has 0 bridgehead atoms. The first-order valence-corrected chi connectivity index (χ1v) is 7.13. The Labute approximate surface area is 125 Å². The van der Waals surface area contributed by atoms with Crippen molar-refractivity contribution in [3.8, 4) is 0 Å². The molecule has 0 radical (unpaired) electrons. The van der Waals surface area contributed by atoms with Crippen LogP contribution in [0.4, 0.5) is 0 Å². The van der Waals surface area contributed by atoms with E-state index in [0.29, 0.717) is 5.69 Å². The number of hydrogen-bond donors (Lipinski definition) is 1. The zero-order chi connectivity index (χ0) is 15.5. The summed E-state index contributed by atoms with van der Waals surface area (Å²) in [7, 11) is 0. The molecule has 0 aliphatic heterocycles. The van der Waals surface area contributed by atoms with Gasteiger partial charge in [0, 0.05) is 11.6 Å². The largest absolute Gasteiger partial charge is 0.361 e. The molecule has 1 aromatic heterocycles. The van der Waals surface area contributed by atoms with Gasteiger partial charge in [0.05, 0.1) is 12.1 Å². The fraction of sp³-hybridized carbons (Fsp3) is 0.412. The van der Waals surface area contributed by atoms with Crippen LogP contribution in [0.2, 0.25) is 0 Å². The van der Waals surface area contributed by atoms with Crippen LogP contribution in [0.25, 0.3) is 0 Å². The number of carbonyl (C=O) groups excluding carboxylic acids is 1. The monoisotopic (exact) mass is 286 g/mol. The number of benzene rings is 1. The molecule has 0 saturated heterocycles. The number of aryl methyl sites for hydroxylation is 2. The van der Waals surface area contributed by atoms with Gasteiger partial charge in [0.25, 0.3) is 0 Å². The minimum atomic E-state index is -0.300. The average Bonchev–Trinajstić information content (AvgIpc) is 2.76. The first-order valence-electron chi connectivity index (χ1n) is 7.13. The van der Waals surface area contributed by atoms with E-state index in [9.17, 15) is 4.79 Å². The number of carbonyl (C=O) groups is 1. The second-order valence-electron chi connectivity index (χ2n) is 6.20. The van der Waals surface area contributed by atoms with Gasteiger partial charge in [-0.15, -0.1) is 0 Å². The number of rotatable bonds is 5. The van der Waals surface area contributed by atoms with Crippen molar-refractivity contribution in [2.75, 3.05) is 0 Å². The first kappa shape index (κ1) is 15.3. The van der Waals surface area contributed by atoms with Crippen molar-refractivity contribution in [3.05, 3.63) is 52.9 Å². The second kappa shape index (κ2) is 6.12. The van der Waals surface area contributed by atoms with Crippen LogP contribution in [0.5, 0.6) is 0 Å². The Hall–Kier alpha value is -2.10. The van der Waals surface area contributed by atoms with Crippen molar-refractivity contribution >= 4 is 5.91 Å². The SMILES string of the molecule is Cc1ccc(CC(C)(C)NC(=O)Cc2cc(C)on2)cc1. The molecular weight excluding hydrogens is 264 g/mol. The summed E-state index contributed by atoms with van der Waals surface area (Å²) in [5.41, 5.74) is 2.81. The Morgan fingerprint density at radius 2 is 1.90 bits per heavy atom. The van der Waals surface area contributed by atoms with Crippen molar-refractivity contribution in [1.29, 1.82) is 0 Å². The normalized spacial score (nSPS) is 11.4. The lowest BCUT2D eigenvalue weighted by atomic mass is 9.94. The molecule has 2 aromatic rings. The predicted octanol–water partition coefficient (Wildman–Crippen LogP) is 2.97. The van der Waals surface area contributed by atoms with Crippen LogP contribution in [0, 0.1) is 13.8 Å². The molecule has 4 heteroatoms. The van der Waals surface area contributed by atoms with Gasteiger partial charge in [-0.3, -0.25) is 4.79 Å².